The van der Waals surface area contributed by atoms with E-state index in [0.717, 1.165) is 56.9 Å². The van der Waals surface area contributed by atoms with E-state index in [9.17, 15) is 4.79 Å². The molecule has 3 fully saturated rings. The van der Waals surface area contributed by atoms with Crippen LogP contribution in [0.25, 0.3) is 0 Å². The van der Waals surface area contributed by atoms with E-state index >= 15 is 0 Å². The molecule has 1 amide bonds. The number of rotatable bonds is 5. The number of ether oxygens (including phenoxy) is 1. The zero-order valence-corrected chi connectivity index (χ0v) is 14.5. The second kappa shape index (κ2) is 7.51. The fourth-order valence-corrected chi connectivity index (χ4v) is 3.49. The highest BCUT2D eigenvalue weighted by Gasteiger charge is 2.36. The molecular formula is C17H30N4O2. The quantitative estimate of drug-likeness (QED) is 0.604. The van der Waals surface area contributed by atoms with Crippen LogP contribution in [-0.4, -0.2) is 74.7 Å². The number of amides is 1. The maximum absolute atomic E-state index is 11.9. The first-order chi connectivity index (χ1) is 11.1. The predicted molar refractivity (Wildman–Crippen MR) is 90.4 cm³/mol. The molecule has 2 atom stereocenters. The van der Waals surface area contributed by atoms with Crippen molar-refractivity contribution in [3.05, 3.63) is 0 Å². The van der Waals surface area contributed by atoms with Gasteiger partial charge in [0.2, 0.25) is 5.91 Å². The third-order valence-electron chi connectivity index (χ3n) is 5.19. The average molecular weight is 322 g/mol. The number of nitrogens with zero attached hydrogens (tertiary/aromatic N) is 3. The summed E-state index contributed by atoms with van der Waals surface area (Å²) < 4.78 is 5.69. The fourth-order valence-electron chi connectivity index (χ4n) is 3.49. The molecule has 1 saturated carbocycles. The molecule has 6 nitrogen and oxygen atoms in total. The highest BCUT2D eigenvalue weighted by atomic mass is 16.5. The number of carbonyl (C=O) groups is 1. The van der Waals surface area contributed by atoms with Gasteiger partial charge in [-0.2, -0.15) is 0 Å². The molecule has 2 unspecified atom stereocenters. The first kappa shape index (κ1) is 16.6. The molecule has 2 saturated heterocycles. The Morgan fingerprint density at radius 3 is 2.74 bits per heavy atom. The highest BCUT2D eigenvalue weighted by Crippen LogP contribution is 2.41. The van der Waals surface area contributed by atoms with E-state index in [1.165, 1.54) is 19.3 Å². The van der Waals surface area contributed by atoms with E-state index in [1.54, 1.807) is 19.0 Å². The number of guanidine groups is 1. The molecule has 3 rings (SSSR count). The smallest absolute Gasteiger partial charge is 0.243 e. The lowest BCUT2D eigenvalue weighted by Crippen LogP contribution is -2.43. The summed E-state index contributed by atoms with van der Waals surface area (Å²) in [4.78, 5) is 20.4. The van der Waals surface area contributed by atoms with Crippen molar-refractivity contribution in [2.45, 2.75) is 38.2 Å². The first-order valence-electron chi connectivity index (χ1n) is 8.98. The lowest BCUT2D eigenvalue weighted by atomic mass is 10.0. The number of likely N-dealkylation sites (N-methyl/N-ethyl adjacent to an activating group) is 1. The van der Waals surface area contributed by atoms with Crippen molar-refractivity contribution in [2.75, 3.05) is 46.9 Å². The number of aliphatic imine (C=N–C) groups is 1. The summed E-state index contributed by atoms with van der Waals surface area (Å²) in [6.07, 6.45) is 6.59. The standard InChI is InChI=1S/C17H30N4O2/c1-20(2)16(22)11-19-17(18-10-15-4-3-9-23-15)21-8-7-14(12-21)13-5-6-13/h13-15H,3-12H2,1-2H3,(H,18,19). The second-order valence-electron chi connectivity index (χ2n) is 7.28. The zero-order valence-electron chi connectivity index (χ0n) is 14.5. The third kappa shape index (κ3) is 4.59. The molecular weight excluding hydrogens is 292 g/mol. The number of carbonyl (C=O) groups excluding carboxylic acids is 1. The van der Waals surface area contributed by atoms with Crippen molar-refractivity contribution in [1.29, 1.82) is 0 Å². The van der Waals surface area contributed by atoms with Crippen LogP contribution in [-0.2, 0) is 9.53 Å². The Morgan fingerprint density at radius 2 is 2.09 bits per heavy atom. The summed E-state index contributed by atoms with van der Waals surface area (Å²) in [5.41, 5.74) is 0. The molecule has 2 heterocycles. The molecule has 0 spiro atoms. The summed E-state index contributed by atoms with van der Waals surface area (Å²) in [7, 11) is 3.55. The minimum Gasteiger partial charge on any atom is -0.376 e. The Kier molecular flexibility index (Phi) is 5.41. The molecule has 0 bridgehead atoms. The topological polar surface area (TPSA) is 57.2 Å². The molecule has 3 aliphatic rings. The largest absolute Gasteiger partial charge is 0.376 e. The Hall–Kier alpha value is -1.30. The van der Waals surface area contributed by atoms with E-state index < -0.39 is 0 Å². The van der Waals surface area contributed by atoms with Crippen LogP contribution in [0.3, 0.4) is 0 Å². The molecule has 0 aromatic carbocycles. The normalized spacial score (nSPS) is 28.3. The van der Waals surface area contributed by atoms with E-state index in [-0.39, 0.29) is 18.6 Å². The summed E-state index contributed by atoms with van der Waals surface area (Å²) in [6.45, 7) is 4.00. The maximum Gasteiger partial charge on any atom is 0.243 e. The van der Waals surface area contributed by atoms with Gasteiger partial charge in [0, 0.05) is 40.3 Å². The Bertz CT molecular complexity index is 442. The molecule has 0 aromatic rings. The summed E-state index contributed by atoms with van der Waals surface area (Å²) >= 11 is 0. The molecule has 1 N–H and O–H groups in total. The van der Waals surface area contributed by atoms with Gasteiger partial charge in [0.25, 0.3) is 0 Å². The minimum absolute atomic E-state index is 0.0411. The van der Waals surface area contributed by atoms with Crippen molar-refractivity contribution >= 4 is 11.9 Å². The van der Waals surface area contributed by atoms with Crippen LogP contribution in [0.15, 0.2) is 4.99 Å². The molecule has 2 aliphatic heterocycles. The van der Waals surface area contributed by atoms with Gasteiger partial charge in [-0.15, -0.1) is 0 Å². The number of nitrogens with one attached hydrogen (secondary N) is 1. The number of hydrogen-bond acceptors (Lipinski definition) is 3. The SMILES string of the molecule is CN(C)C(=O)CN=C(NCC1CCCO1)N1CCC(C2CC2)C1. The van der Waals surface area contributed by atoms with Crippen LogP contribution < -0.4 is 5.32 Å². The zero-order chi connectivity index (χ0) is 16.2. The van der Waals surface area contributed by atoms with Crippen LogP contribution in [0.4, 0.5) is 0 Å². The van der Waals surface area contributed by atoms with Gasteiger partial charge in [-0.25, -0.2) is 4.99 Å². The van der Waals surface area contributed by atoms with E-state index in [2.05, 4.69) is 15.2 Å². The van der Waals surface area contributed by atoms with Gasteiger partial charge < -0.3 is 19.9 Å². The van der Waals surface area contributed by atoms with Crippen LogP contribution in [0, 0.1) is 11.8 Å². The minimum atomic E-state index is 0.0411. The predicted octanol–water partition coefficient (Wildman–Crippen LogP) is 0.931. The van der Waals surface area contributed by atoms with Gasteiger partial charge in [0.1, 0.15) is 6.54 Å². The third-order valence-corrected chi connectivity index (χ3v) is 5.19. The Balaban J connectivity index is 1.57. The summed E-state index contributed by atoms with van der Waals surface area (Å²) in [6, 6.07) is 0. The van der Waals surface area contributed by atoms with Crippen molar-refractivity contribution in [1.82, 2.24) is 15.1 Å². The Morgan fingerprint density at radius 1 is 1.26 bits per heavy atom. The van der Waals surface area contributed by atoms with Crippen LogP contribution in [0.5, 0.6) is 0 Å². The lowest BCUT2D eigenvalue weighted by molar-refractivity contribution is -0.127. The van der Waals surface area contributed by atoms with E-state index in [1.807, 2.05) is 0 Å². The summed E-state index contributed by atoms with van der Waals surface area (Å²) in [5, 5.41) is 3.46. The van der Waals surface area contributed by atoms with Gasteiger partial charge in [-0.3, -0.25) is 4.79 Å². The van der Waals surface area contributed by atoms with Crippen molar-refractivity contribution in [3.8, 4) is 0 Å². The monoisotopic (exact) mass is 322 g/mol. The lowest BCUT2D eigenvalue weighted by Gasteiger charge is -2.23. The fraction of sp³-hybridized carbons (Fsp3) is 0.882. The van der Waals surface area contributed by atoms with Crippen molar-refractivity contribution in [2.24, 2.45) is 16.8 Å². The first-order valence-corrected chi connectivity index (χ1v) is 8.98. The maximum atomic E-state index is 11.9. The van der Waals surface area contributed by atoms with Gasteiger partial charge >= 0.3 is 0 Å². The van der Waals surface area contributed by atoms with E-state index in [0.29, 0.717) is 0 Å². The molecule has 0 radical (unpaired) electrons. The van der Waals surface area contributed by atoms with Gasteiger partial charge in [0.15, 0.2) is 5.96 Å². The molecule has 6 heteroatoms. The summed E-state index contributed by atoms with van der Waals surface area (Å²) in [5.74, 6) is 2.68. The molecule has 23 heavy (non-hydrogen) atoms. The molecule has 130 valence electrons. The van der Waals surface area contributed by atoms with Gasteiger partial charge in [-0.05, 0) is 43.9 Å². The van der Waals surface area contributed by atoms with Crippen LogP contribution >= 0.6 is 0 Å². The van der Waals surface area contributed by atoms with Crippen molar-refractivity contribution in [3.63, 3.8) is 0 Å². The van der Waals surface area contributed by atoms with E-state index in [4.69, 9.17) is 4.74 Å². The highest BCUT2D eigenvalue weighted by molar-refractivity contribution is 5.85. The number of likely N-dealkylation sites (tertiary alicyclic amines) is 1. The number of hydrogen-bond donors (Lipinski definition) is 1. The average Bonchev–Trinajstić information content (AvgIpc) is 3.05. The second-order valence-corrected chi connectivity index (χ2v) is 7.28. The van der Waals surface area contributed by atoms with Gasteiger partial charge in [0.05, 0.1) is 6.10 Å². The van der Waals surface area contributed by atoms with Crippen LogP contribution in [0.2, 0.25) is 0 Å². The molecule has 0 aromatic heterocycles. The Labute approximate surface area is 139 Å². The van der Waals surface area contributed by atoms with Crippen molar-refractivity contribution < 1.29 is 9.53 Å². The van der Waals surface area contributed by atoms with Crippen LogP contribution in [0.1, 0.15) is 32.1 Å². The van der Waals surface area contributed by atoms with Gasteiger partial charge in [-0.1, -0.05) is 0 Å². The molecule has 1 aliphatic carbocycles.